The fourth-order valence-electron chi connectivity index (χ4n) is 2.64. The van der Waals surface area contributed by atoms with E-state index in [-0.39, 0.29) is 0 Å². The van der Waals surface area contributed by atoms with E-state index in [9.17, 15) is 0 Å². The first kappa shape index (κ1) is 14.0. The molecule has 1 aromatic rings. The predicted octanol–water partition coefficient (Wildman–Crippen LogP) is 1.97. The summed E-state index contributed by atoms with van der Waals surface area (Å²) in [6.07, 6.45) is 3.71. The summed E-state index contributed by atoms with van der Waals surface area (Å²) in [5, 5.41) is 2.29. The van der Waals surface area contributed by atoms with Crippen LogP contribution in [0.5, 0.6) is 0 Å². The van der Waals surface area contributed by atoms with E-state index in [0.29, 0.717) is 23.7 Å². The van der Waals surface area contributed by atoms with Crippen molar-refractivity contribution < 1.29 is 0 Å². The highest BCUT2D eigenvalue weighted by Gasteiger charge is 2.25. The monoisotopic (exact) mass is 264 g/mol. The van der Waals surface area contributed by atoms with Gasteiger partial charge in [0.15, 0.2) is 0 Å². The molecular weight excluding hydrogens is 240 g/mol. The molecule has 1 fully saturated rings. The quantitative estimate of drug-likeness (QED) is 0.572. The van der Waals surface area contributed by atoms with Gasteiger partial charge in [0, 0.05) is 17.6 Å². The number of aryl methyl sites for hydroxylation is 1. The number of anilines is 2. The van der Waals surface area contributed by atoms with Crippen LogP contribution in [0.25, 0.3) is 0 Å². The molecule has 1 aliphatic heterocycles. The van der Waals surface area contributed by atoms with Gasteiger partial charge < -0.3 is 10.9 Å². The number of aromatic nitrogens is 2. The van der Waals surface area contributed by atoms with Crippen LogP contribution in [0.1, 0.15) is 44.5 Å². The first-order valence-electron chi connectivity index (χ1n) is 6.89. The molecule has 0 spiro atoms. The standard InChI is InChI=1S/C13H24N6/c1-8-6-5-7-9(2)19(8)18-13-10(3)12(17-14)15-11(4)16-13/h8-9H,5-7,14H2,1-4H3,(H2,15,16,17,18). The number of nitrogens with zero attached hydrogens (tertiary/aromatic N) is 3. The van der Waals surface area contributed by atoms with Crippen LogP contribution in [0.15, 0.2) is 0 Å². The highest BCUT2D eigenvalue weighted by molar-refractivity contribution is 5.56. The molecule has 6 nitrogen and oxygen atoms in total. The summed E-state index contributed by atoms with van der Waals surface area (Å²) in [5.41, 5.74) is 7.02. The maximum absolute atomic E-state index is 5.49. The third kappa shape index (κ3) is 2.96. The van der Waals surface area contributed by atoms with Crippen LogP contribution in [0.3, 0.4) is 0 Å². The van der Waals surface area contributed by atoms with Gasteiger partial charge in [0.05, 0.1) is 0 Å². The summed E-state index contributed by atoms with van der Waals surface area (Å²) >= 11 is 0. The Hall–Kier alpha value is -1.40. The Labute approximate surface area is 114 Å². The number of nitrogens with one attached hydrogen (secondary N) is 2. The molecule has 1 aromatic heterocycles. The zero-order valence-electron chi connectivity index (χ0n) is 12.2. The molecule has 6 heteroatoms. The van der Waals surface area contributed by atoms with Crippen molar-refractivity contribution in [3.63, 3.8) is 0 Å². The molecule has 2 rings (SSSR count). The minimum atomic E-state index is 0.507. The van der Waals surface area contributed by atoms with Crippen molar-refractivity contribution >= 4 is 11.6 Å². The molecule has 19 heavy (non-hydrogen) atoms. The molecule has 106 valence electrons. The Morgan fingerprint density at radius 2 is 1.68 bits per heavy atom. The lowest BCUT2D eigenvalue weighted by Gasteiger charge is -2.39. The van der Waals surface area contributed by atoms with Gasteiger partial charge in [-0.1, -0.05) is 6.42 Å². The first-order valence-corrected chi connectivity index (χ1v) is 6.89. The number of rotatable bonds is 3. The fourth-order valence-corrected chi connectivity index (χ4v) is 2.64. The molecule has 0 radical (unpaired) electrons. The fraction of sp³-hybridized carbons (Fsp3) is 0.692. The van der Waals surface area contributed by atoms with E-state index < -0.39 is 0 Å². The molecular formula is C13H24N6. The molecule has 2 unspecified atom stereocenters. The average molecular weight is 264 g/mol. The summed E-state index contributed by atoms with van der Waals surface area (Å²) < 4.78 is 0. The van der Waals surface area contributed by atoms with Gasteiger partial charge in [0.2, 0.25) is 0 Å². The zero-order valence-corrected chi connectivity index (χ0v) is 12.2. The summed E-state index contributed by atoms with van der Waals surface area (Å²) in [4.78, 5) is 8.76. The minimum absolute atomic E-state index is 0.507. The van der Waals surface area contributed by atoms with Gasteiger partial charge in [-0.25, -0.2) is 20.8 Å². The highest BCUT2D eigenvalue weighted by atomic mass is 15.5. The molecule has 2 atom stereocenters. The smallest absolute Gasteiger partial charge is 0.149 e. The number of hydrogen-bond donors (Lipinski definition) is 3. The van der Waals surface area contributed by atoms with E-state index in [1.54, 1.807) is 0 Å². The topological polar surface area (TPSA) is 79.1 Å². The van der Waals surface area contributed by atoms with Gasteiger partial charge in [-0.3, -0.25) is 0 Å². The van der Waals surface area contributed by atoms with Crippen LogP contribution in [0.4, 0.5) is 11.6 Å². The minimum Gasteiger partial charge on any atom is -0.308 e. The van der Waals surface area contributed by atoms with Crippen LogP contribution in [0.2, 0.25) is 0 Å². The summed E-state index contributed by atoms with van der Waals surface area (Å²) in [7, 11) is 0. The third-order valence-electron chi connectivity index (χ3n) is 3.82. The van der Waals surface area contributed by atoms with E-state index in [1.165, 1.54) is 19.3 Å². The largest absolute Gasteiger partial charge is 0.308 e. The Bertz CT molecular complexity index is 437. The molecule has 4 N–H and O–H groups in total. The lowest BCUT2D eigenvalue weighted by molar-refractivity contribution is 0.135. The summed E-state index contributed by atoms with van der Waals surface area (Å²) in [6, 6.07) is 1.01. The normalized spacial score (nSPS) is 24.3. The summed E-state index contributed by atoms with van der Waals surface area (Å²) in [6.45, 7) is 8.33. The molecule has 0 saturated carbocycles. The molecule has 0 bridgehead atoms. The first-order chi connectivity index (χ1) is 9.02. The van der Waals surface area contributed by atoms with Crippen molar-refractivity contribution in [3.8, 4) is 0 Å². The van der Waals surface area contributed by atoms with Gasteiger partial charge in [-0.15, -0.1) is 0 Å². The van der Waals surface area contributed by atoms with E-state index >= 15 is 0 Å². The van der Waals surface area contributed by atoms with Gasteiger partial charge in [0.1, 0.15) is 17.5 Å². The second-order valence-corrected chi connectivity index (χ2v) is 5.39. The highest BCUT2D eigenvalue weighted by Crippen LogP contribution is 2.25. The third-order valence-corrected chi connectivity index (χ3v) is 3.82. The maximum Gasteiger partial charge on any atom is 0.149 e. The van der Waals surface area contributed by atoms with Gasteiger partial charge in [-0.2, -0.15) is 0 Å². The van der Waals surface area contributed by atoms with E-state index in [1.807, 2.05) is 13.8 Å². The average Bonchev–Trinajstić information content (AvgIpc) is 2.37. The number of nitrogens with two attached hydrogens (primary N) is 1. The molecule has 2 heterocycles. The van der Waals surface area contributed by atoms with Crippen LogP contribution in [0, 0.1) is 13.8 Å². The van der Waals surface area contributed by atoms with Crippen molar-refractivity contribution in [3.05, 3.63) is 11.4 Å². The number of piperidine rings is 1. The molecule has 0 aromatic carbocycles. The molecule has 0 amide bonds. The van der Waals surface area contributed by atoms with E-state index in [2.05, 4.69) is 39.7 Å². The van der Waals surface area contributed by atoms with Crippen LogP contribution in [-0.4, -0.2) is 27.1 Å². The number of nitrogen functional groups attached to an aromatic ring is 1. The molecule has 0 aliphatic carbocycles. The molecule has 1 aliphatic rings. The lowest BCUT2D eigenvalue weighted by atomic mass is 10.00. The zero-order chi connectivity index (χ0) is 14.0. The van der Waals surface area contributed by atoms with Gasteiger partial charge in [0.25, 0.3) is 0 Å². The van der Waals surface area contributed by atoms with E-state index in [4.69, 9.17) is 5.84 Å². The lowest BCUT2D eigenvalue weighted by Crippen LogP contribution is -2.47. The second-order valence-electron chi connectivity index (χ2n) is 5.39. The van der Waals surface area contributed by atoms with Crippen molar-refractivity contribution in [2.45, 2.75) is 59.0 Å². The van der Waals surface area contributed by atoms with Crippen LogP contribution < -0.4 is 16.7 Å². The van der Waals surface area contributed by atoms with Gasteiger partial charge in [-0.05, 0) is 40.5 Å². The number of hydrazine groups is 2. The second kappa shape index (κ2) is 5.71. The Balaban J connectivity index is 2.24. The summed E-state index contributed by atoms with van der Waals surface area (Å²) in [5.74, 6) is 7.71. The Kier molecular flexibility index (Phi) is 4.21. The van der Waals surface area contributed by atoms with Crippen molar-refractivity contribution in [2.75, 3.05) is 10.9 Å². The molecule has 1 saturated heterocycles. The van der Waals surface area contributed by atoms with Crippen molar-refractivity contribution in [1.29, 1.82) is 0 Å². The van der Waals surface area contributed by atoms with Gasteiger partial charge >= 0.3 is 0 Å². The Morgan fingerprint density at radius 3 is 2.26 bits per heavy atom. The number of hydrogen-bond acceptors (Lipinski definition) is 6. The SMILES string of the molecule is Cc1nc(NN)c(C)c(NN2C(C)CCCC2C)n1. The van der Waals surface area contributed by atoms with Crippen LogP contribution >= 0.6 is 0 Å². The van der Waals surface area contributed by atoms with Crippen molar-refractivity contribution in [2.24, 2.45) is 5.84 Å². The maximum atomic E-state index is 5.49. The Morgan fingerprint density at radius 1 is 1.11 bits per heavy atom. The van der Waals surface area contributed by atoms with Crippen molar-refractivity contribution in [1.82, 2.24) is 15.0 Å². The predicted molar refractivity (Wildman–Crippen MR) is 77.6 cm³/mol. The van der Waals surface area contributed by atoms with E-state index in [0.717, 1.165) is 11.4 Å². The van der Waals surface area contributed by atoms with Crippen LogP contribution in [-0.2, 0) is 0 Å².